The monoisotopic (exact) mass is 349 g/mol. The van der Waals surface area contributed by atoms with E-state index < -0.39 is 6.29 Å². The first-order valence-corrected chi connectivity index (χ1v) is 6.23. The van der Waals surface area contributed by atoms with Crippen LogP contribution in [0.2, 0.25) is 0 Å². The summed E-state index contributed by atoms with van der Waals surface area (Å²) in [5.74, 6) is -0.0392. The van der Waals surface area contributed by atoms with Crippen molar-refractivity contribution < 1.29 is 14.3 Å². The van der Waals surface area contributed by atoms with E-state index in [2.05, 4.69) is 22.6 Å². The van der Waals surface area contributed by atoms with Crippen LogP contribution in [-0.4, -0.2) is 44.9 Å². The highest BCUT2D eigenvalue weighted by atomic mass is 127. The van der Waals surface area contributed by atoms with E-state index in [9.17, 15) is 4.79 Å². The molecule has 5 heteroatoms. The summed E-state index contributed by atoms with van der Waals surface area (Å²) in [6.07, 6.45) is -0.397. The molecule has 0 aromatic heterocycles. The Bertz CT molecular complexity index is 380. The normalized spacial score (nSPS) is 10.6. The predicted molar refractivity (Wildman–Crippen MR) is 73.9 cm³/mol. The van der Waals surface area contributed by atoms with Crippen molar-refractivity contribution in [3.63, 3.8) is 0 Å². The number of amides is 1. The van der Waals surface area contributed by atoms with Crippen LogP contribution in [0.1, 0.15) is 10.4 Å². The Labute approximate surface area is 115 Å². The number of methoxy groups -OCH3 is 2. The van der Waals surface area contributed by atoms with Crippen LogP contribution in [-0.2, 0) is 9.47 Å². The smallest absolute Gasteiger partial charge is 0.253 e. The van der Waals surface area contributed by atoms with E-state index in [4.69, 9.17) is 9.47 Å². The highest BCUT2D eigenvalue weighted by Gasteiger charge is 2.16. The molecule has 0 saturated heterocycles. The number of hydrogen-bond donors (Lipinski definition) is 0. The summed E-state index contributed by atoms with van der Waals surface area (Å²) < 4.78 is 11.2. The minimum Gasteiger partial charge on any atom is -0.354 e. The zero-order chi connectivity index (χ0) is 12.8. The Hall–Kier alpha value is -0.660. The summed E-state index contributed by atoms with van der Waals surface area (Å²) in [6, 6.07) is 7.47. The van der Waals surface area contributed by atoms with Gasteiger partial charge in [0.1, 0.15) is 0 Å². The van der Waals surface area contributed by atoms with Gasteiger partial charge in [-0.2, -0.15) is 0 Å². The van der Waals surface area contributed by atoms with Crippen LogP contribution in [0.4, 0.5) is 0 Å². The van der Waals surface area contributed by atoms with Crippen LogP contribution in [0, 0.1) is 3.57 Å². The van der Waals surface area contributed by atoms with Gasteiger partial charge >= 0.3 is 0 Å². The first-order valence-electron chi connectivity index (χ1n) is 5.15. The molecular weight excluding hydrogens is 333 g/mol. The summed E-state index contributed by atoms with van der Waals surface area (Å²) in [5, 5.41) is 0. The molecule has 0 saturated carbocycles. The molecule has 17 heavy (non-hydrogen) atoms. The maximum atomic E-state index is 12.1. The van der Waals surface area contributed by atoms with Crippen LogP contribution >= 0.6 is 22.6 Å². The van der Waals surface area contributed by atoms with Gasteiger partial charge in [0.25, 0.3) is 5.91 Å². The first-order chi connectivity index (χ1) is 8.08. The molecule has 0 aliphatic heterocycles. The van der Waals surface area contributed by atoms with E-state index in [1.807, 2.05) is 18.2 Å². The summed E-state index contributed by atoms with van der Waals surface area (Å²) in [7, 11) is 4.84. The van der Waals surface area contributed by atoms with Gasteiger partial charge in [0.15, 0.2) is 6.29 Å². The quantitative estimate of drug-likeness (QED) is 0.603. The SMILES string of the molecule is COC(CN(C)C(=O)c1cccc(I)c1)OC. The molecule has 0 heterocycles. The Kier molecular flexibility index (Phi) is 5.87. The average Bonchev–Trinajstić information content (AvgIpc) is 2.34. The van der Waals surface area contributed by atoms with Crippen molar-refractivity contribution in [1.29, 1.82) is 0 Å². The maximum Gasteiger partial charge on any atom is 0.253 e. The third kappa shape index (κ3) is 4.25. The van der Waals surface area contributed by atoms with Crippen molar-refractivity contribution in [2.75, 3.05) is 27.8 Å². The van der Waals surface area contributed by atoms with Crippen molar-refractivity contribution >= 4 is 28.5 Å². The third-order valence-electron chi connectivity index (χ3n) is 2.37. The molecule has 1 aromatic carbocycles. The van der Waals surface area contributed by atoms with E-state index in [1.54, 1.807) is 32.2 Å². The molecule has 0 radical (unpaired) electrons. The number of carbonyl (C=O) groups is 1. The van der Waals surface area contributed by atoms with Gasteiger partial charge in [-0.15, -0.1) is 0 Å². The number of ether oxygens (including phenoxy) is 2. The topological polar surface area (TPSA) is 38.8 Å². The second-order valence-corrected chi connectivity index (χ2v) is 4.84. The summed E-state index contributed by atoms with van der Waals surface area (Å²) in [5.41, 5.74) is 0.672. The van der Waals surface area contributed by atoms with Gasteiger partial charge in [-0.25, -0.2) is 0 Å². The second-order valence-electron chi connectivity index (χ2n) is 3.60. The zero-order valence-corrected chi connectivity index (χ0v) is 12.3. The van der Waals surface area contributed by atoms with Crippen molar-refractivity contribution in [2.45, 2.75) is 6.29 Å². The second kappa shape index (κ2) is 6.93. The number of likely N-dealkylation sites (N-methyl/N-ethyl adjacent to an activating group) is 1. The average molecular weight is 349 g/mol. The lowest BCUT2D eigenvalue weighted by molar-refractivity contribution is -0.110. The lowest BCUT2D eigenvalue weighted by atomic mass is 10.2. The molecule has 0 aliphatic rings. The Morgan fingerprint density at radius 2 is 2.06 bits per heavy atom. The van der Waals surface area contributed by atoms with Gasteiger partial charge in [0.2, 0.25) is 0 Å². The Morgan fingerprint density at radius 1 is 1.41 bits per heavy atom. The molecular formula is C12H16INO3. The number of nitrogens with zero attached hydrogens (tertiary/aromatic N) is 1. The molecule has 94 valence electrons. The summed E-state index contributed by atoms with van der Waals surface area (Å²) in [4.78, 5) is 13.7. The number of hydrogen-bond acceptors (Lipinski definition) is 3. The number of carbonyl (C=O) groups excluding carboxylic acids is 1. The number of benzene rings is 1. The van der Waals surface area contributed by atoms with E-state index in [-0.39, 0.29) is 5.91 Å². The van der Waals surface area contributed by atoms with Gasteiger partial charge in [-0.1, -0.05) is 6.07 Å². The summed E-state index contributed by atoms with van der Waals surface area (Å²) in [6.45, 7) is 0.400. The molecule has 1 aromatic rings. The molecule has 4 nitrogen and oxygen atoms in total. The van der Waals surface area contributed by atoms with Crippen molar-refractivity contribution in [1.82, 2.24) is 4.90 Å². The molecule has 1 rings (SSSR count). The fourth-order valence-electron chi connectivity index (χ4n) is 1.39. The molecule has 0 atom stereocenters. The molecule has 0 fully saturated rings. The van der Waals surface area contributed by atoms with Crippen molar-refractivity contribution in [3.8, 4) is 0 Å². The summed E-state index contributed by atoms with van der Waals surface area (Å²) >= 11 is 2.18. The minimum absolute atomic E-state index is 0.0392. The van der Waals surface area contributed by atoms with Crippen LogP contribution in [0.15, 0.2) is 24.3 Å². The van der Waals surface area contributed by atoms with E-state index in [1.165, 1.54) is 0 Å². The van der Waals surface area contributed by atoms with Gasteiger partial charge < -0.3 is 14.4 Å². The number of halogens is 1. The number of rotatable bonds is 5. The van der Waals surface area contributed by atoms with E-state index in [0.717, 1.165) is 3.57 Å². The molecule has 0 spiro atoms. The largest absolute Gasteiger partial charge is 0.354 e. The van der Waals surface area contributed by atoms with Crippen LogP contribution in [0.3, 0.4) is 0 Å². The highest BCUT2D eigenvalue weighted by molar-refractivity contribution is 14.1. The molecule has 0 bridgehead atoms. The molecule has 0 N–H and O–H groups in total. The lowest BCUT2D eigenvalue weighted by Crippen LogP contribution is -2.36. The van der Waals surface area contributed by atoms with Crippen LogP contribution < -0.4 is 0 Å². The Morgan fingerprint density at radius 3 is 2.59 bits per heavy atom. The molecule has 0 unspecified atom stereocenters. The predicted octanol–water partition coefficient (Wildman–Crippen LogP) is 1.98. The lowest BCUT2D eigenvalue weighted by Gasteiger charge is -2.22. The minimum atomic E-state index is -0.397. The highest BCUT2D eigenvalue weighted by Crippen LogP contribution is 2.10. The maximum absolute atomic E-state index is 12.1. The standard InChI is InChI=1S/C12H16INO3/c1-14(8-11(16-2)17-3)12(15)9-5-4-6-10(13)7-9/h4-7,11H,8H2,1-3H3. The first kappa shape index (κ1) is 14.4. The molecule has 1 amide bonds. The van der Waals surface area contributed by atoms with E-state index >= 15 is 0 Å². The fraction of sp³-hybridized carbons (Fsp3) is 0.417. The molecule has 0 aliphatic carbocycles. The van der Waals surface area contributed by atoms with Gasteiger partial charge in [0, 0.05) is 30.4 Å². The fourth-order valence-corrected chi connectivity index (χ4v) is 1.94. The van der Waals surface area contributed by atoms with Crippen LogP contribution in [0.5, 0.6) is 0 Å². The Balaban J connectivity index is 2.69. The van der Waals surface area contributed by atoms with Gasteiger partial charge in [0.05, 0.1) is 6.54 Å². The van der Waals surface area contributed by atoms with Gasteiger partial charge in [-0.3, -0.25) is 4.79 Å². The van der Waals surface area contributed by atoms with E-state index in [0.29, 0.717) is 12.1 Å². The van der Waals surface area contributed by atoms with Gasteiger partial charge in [-0.05, 0) is 40.8 Å². The van der Waals surface area contributed by atoms with Crippen molar-refractivity contribution in [3.05, 3.63) is 33.4 Å². The van der Waals surface area contributed by atoms with Crippen molar-refractivity contribution in [2.24, 2.45) is 0 Å². The zero-order valence-electron chi connectivity index (χ0n) is 10.1. The van der Waals surface area contributed by atoms with Crippen LogP contribution in [0.25, 0.3) is 0 Å². The third-order valence-corrected chi connectivity index (χ3v) is 3.04.